The molecule has 0 saturated carbocycles. The number of nitrogens with one attached hydrogen (secondary N) is 1. The van der Waals surface area contributed by atoms with Gasteiger partial charge in [-0.1, -0.05) is 54.6 Å². The summed E-state index contributed by atoms with van der Waals surface area (Å²) in [7, 11) is 0. The molecule has 1 aliphatic rings. The summed E-state index contributed by atoms with van der Waals surface area (Å²) in [6.07, 6.45) is -0.537. The molecule has 7 nitrogen and oxygen atoms in total. The molecule has 1 heterocycles. The molecule has 0 fully saturated rings. The molecule has 2 aromatic carbocycles. The fourth-order valence-electron chi connectivity index (χ4n) is 3.71. The minimum atomic E-state index is -1.13. The Hall–Kier alpha value is -3.87. The van der Waals surface area contributed by atoms with Gasteiger partial charge in [-0.3, -0.25) is 0 Å². The maximum atomic E-state index is 12.3. The van der Waals surface area contributed by atoms with Crippen LogP contribution in [-0.2, 0) is 4.74 Å². The number of hydrogen-bond acceptors (Lipinski definition) is 5. The van der Waals surface area contributed by atoms with E-state index in [2.05, 4.69) is 34.6 Å². The van der Waals surface area contributed by atoms with Crippen molar-refractivity contribution in [2.75, 3.05) is 13.2 Å². The summed E-state index contributed by atoms with van der Waals surface area (Å²) in [6, 6.07) is 20.4. The quantitative estimate of drug-likeness (QED) is 0.600. The third-order valence-electron chi connectivity index (χ3n) is 5.13. The second kappa shape index (κ2) is 8.87. The zero-order valence-corrected chi connectivity index (χ0v) is 16.9. The average Bonchev–Trinajstić information content (AvgIpc) is 3.10. The van der Waals surface area contributed by atoms with E-state index in [1.165, 1.54) is 17.2 Å². The van der Waals surface area contributed by atoms with Gasteiger partial charge in [0.2, 0.25) is 5.88 Å². The van der Waals surface area contributed by atoms with E-state index in [-0.39, 0.29) is 36.7 Å². The first-order valence-corrected chi connectivity index (χ1v) is 9.97. The molecule has 158 valence electrons. The van der Waals surface area contributed by atoms with E-state index in [0.717, 1.165) is 11.1 Å². The molecule has 0 aliphatic heterocycles. The molecular formula is C24H22N2O5. The lowest BCUT2D eigenvalue weighted by Gasteiger charge is -2.17. The first-order chi connectivity index (χ1) is 15.0. The molecule has 3 aromatic rings. The van der Waals surface area contributed by atoms with Crippen LogP contribution in [0.4, 0.5) is 4.79 Å². The Kier molecular flexibility index (Phi) is 5.84. The number of carboxylic acid groups (broad SMARTS) is 1. The van der Waals surface area contributed by atoms with Crippen molar-refractivity contribution in [3.63, 3.8) is 0 Å². The fourth-order valence-corrected chi connectivity index (χ4v) is 3.71. The van der Waals surface area contributed by atoms with Crippen LogP contribution in [0.5, 0.6) is 5.88 Å². The van der Waals surface area contributed by atoms with Crippen molar-refractivity contribution in [1.82, 2.24) is 10.3 Å². The third-order valence-corrected chi connectivity index (χ3v) is 5.13. The van der Waals surface area contributed by atoms with Crippen LogP contribution in [0.3, 0.4) is 0 Å². The van der Waals surface area contributed by atoms with Crippen molar-refractivity contribution >= 4 is 12.1 Å². The summed E-state index contributed by atoms with van der Waals surface area (Å²) in [5, 5.41) is 11.7. The average molecular weight is 418 g/mol. The highest BCUT2D eigenvalue weighted by Gasteiger charge is 2.29. The van der Waals surface area contributed by atoms with Gasteiger partial charge in [0.25, 0.3) is 0 Å². The summed E-state index contributed by atoms with van der Waals surface area (Å²) in [6.45, 7) is 2.12. The van der Waals surface area contributed by atoms with Crippen LogP contribution in [0.25, 0.3) is 11.1 Å². The number of amides is 1. The summed E-state index contributed by atoms with van der Waals surface area (Å²) < 4.78 is 11.0. The molecule has 0 spiro atoms. The molecule has 0 saturated heterocycles. The van der Waals surface area contributed by atoms with Gasteiger partial charge in [0, 0.05) is 12.0 Å². The standard InChI is InChI=1S/C24H22N2O5/c1-15(13-30-22-12-6-11-21(26-22)23(27)28)25-24(29)31-14-20-18-9-4-2-7-16(18)17-8-3-5-10-19(17)20/h2-12,15,20H,13-14H2,1H3,(H,25,29)(H,27,28)/t15-/m0/s1. The van der Waals surface area contributed by atoms with Gasteiger partial charge >= 0.3 is 12.1 Å². The highest BCUT2D eigenvalue weighted by Crippen LogP contribution is 2.44. The lowest BCUT2D eigenvalue weighted by atomic mass is 9.98. The summed E-state index contributed by atoms with van der Waals surface area (Å²) in [4.78, 5) is 27.2. The summed E-state index contributed by atoms with van der Waals surface area (Å²) in [5.41, 5.74) is 4.54. The largest absolute Gasteiger partial charge is 0.477 e. The van der Waals surface area contributed by atoms with Crippen LogP contribution >= 0.6 is 0 Å². The van der Waals surface area contributed by atoms with Gasteiger partial charge in [0.05, 0.1) is 6.04 Å². The maximum Gasteiger partial charge on any atom is 0.407 e. The fraction of sp³-hybridized carbons (Fsp3) is 0.208. The molecule has 0 unspecified atom stereocenters. The number of benzene rings is 2. The smallest absolute Gasteiger partial charge is 0.407 e. The monoisotopic (exact) mass is 418 g/mol. The molecule has 1 amide bonds. The topological polar surface area (TPSA) is 97.8 Å². The molecule has 7 heteroatoms. The summed E-state index contributed by atoms with van der Waals surface area (Å²) >= 11 is 0. The number of rotatable bonds is 7. The third kappa shape index (κ3) is 4.50. The number of ether oxygens (including phenoxy) is 2. The summed E-state index contributed by atoms with van der Waals surface area (Å²) in [5.74, 6) is -0.955. The van der Waals surface area contributed by atoms with Gasteiger partial charge in [-0.2, -0.15) is 0 Å². The molecule has 1 aromatic heterocycles. The number of carboxylic acids is 1. The van der Waals surface area contributed by atoms with Crippen molar-refractivity contribution in [1.29, 1.82) is 0 Å². The highest BCUT2D eigenvalue weighted by molar-refractivity contribution is 5.85. The Morgan fingerprint density at radius 3 is 2.29 bits per heavy atom. The number of aromatic nitrogens is 1. The number of hydrogen-bond donors (Lipinski definition) is 2. The molecular weight excluding hydrogens is 396 g/mol. The Bertz CT molecular complexity index is 1070. The van der Waals surface area contributed by atoms with E-state index < -0.39 is 12.1 Å². The van der Waals surface area contributed by atoms with E-state index in [1.807, 2.05) is 24.3 Å². The Labute approximate surface area is 179 Å². The number of fused-ring (bicyclic) bond motifs is 3. The van der Waals surface area contributed by atoms with Crippen molar-refractivity contribution in [2.45, 2.75) is 18.9 Å². The Morgan fingerprint density at radius 2 is 1.65 bits per heavy atom. The number of carbonyl (C=O) groups is 2. The van der Waals surface area contributed by atoms with E-state index in [0.29, 0.717) is 0 Å². The van der Waals surface area contributed by atoms with Crippen LogP contribution in [0.1, 0.15) is 34.5 Å². The highest BCUT2D eigenvalue weighted by atomic mass is 16.5. The van der Waals surface area contributed by atoms with Crippen LogP contribution in [0.2, 0.25) is 0 Å². The van der Waals surface area contributed by atoms with Gasteiger partial charge in [-0.15, -0.1) is 0 Å². The molecule has 0 bridgehead atoms. The van der Waals surface area contributed by atoms with Gasteiger partial charge in [-0.05, 0) is 35.2 Å². The van der Waals surface area contributed by atoms with Crippen molar-refractivity contribution in [3.8, 4) is 17.0 Å². The second-order valence-electron chi connectivity index (χ2n) is 7.35. The van der Waals surface area contributed by atoms with Crippen molar-refractivity contribution in [2.24, 2.45) is 0 Å². The van der Waals surface area contributed by atoms with E-state index in [4.69, 9.17) is 14.6 Å². The molecule has 4 rings (SSSR count). The molecule has 1 aliphatic carbocycles. The predicted octanol–water partition coefficient (Wildman–Crippen LogP) is 4.09. The van der Waals surface area contributed by atoms with Crippen LogP contribution in [0, 0.1) is 0 Å². The van der Waals surface area contributed by atoms with E-state index in [9.17, 15) is 9.59 Å². The van der Waals surface area contributed by atoms with Gasteiger partial charge in [0.1, 0.15) is 13.2 Å². The second-order valence-corrected chi connectivity index (χ2v) is 7.35. The van der Waals surface area contributed by atoms with Crippen LogP contribution in [0.15, 0.2) is 66.7 Å². The number of alkyl carbamates (subject to hydrolysis) is 1. The minimum absolute atomic E-state index is 0.00679. The Balaban J connectivity index is 1.31. The van der Waals surface area contributed by atoms with E-state index in [1.54, 1.807) is 19.1 Å². The molecule has 0 radical (unpaired) electrons. The zero-order chi connectivity index (χ0) is 21.8. The Morgan fingerprint density at radius 1 is 1.00 bits per heavy atom. The number of nitrogens with zero attached hydrogens (tertiary/aromatic N) is 1. The van der Waals surface area contributed by atoms with E-state index >= 15 is 0 Å². The molecule has 2 N–H and O–H groups in total. The normalized spacial score (nSPS) is 13.1. The van der Waals surface area contributed by atoms with Crippen molar-refractivity contribution < 1.29 is 24.2 Å². The van der Waals surface area contributed by atoms with Crippen LogP contribution in [-0.4, -0.2) is 41.4 Å². The maximum absolute atomic E-state index is 12.3. The SMILES string of the molecule is C[C@@H](COc1cccc(C(=O)O)n1)NC(=O)OCC1c2ccccc2-c2ccccc21. The molecule has 1 atom stereocenters. The zero-order valence-electron chi connectivity index (χ0n) is 16.9. The van der Waals surface area contributed by atoms with Gasteiger partial charge in [-0.25, -0.2) is 14.6 Å². The first kappa shape index (κ1) is 20.4. The predicted molar refractivity (Wildman–Crippen MR) is 114 cm³/mol. The minimum Gasteiger partial charge on any atom is -0.477 e. The number of aromatic carboxylic acids is 1. The first-order valence-electron chi connectivity index (χ1n) is 9.97. The lowest BCUT2D eigenvalue weighted by Crippen LogP contribution is -2.37. The number of carbonyl (C=O) groups excluding carboxylic acids is 1. The lowest BCUT2D eigenvalue weighted by molar-refractivity contribution is 0.0689. The molecule has 31 heavy (non-hydrogen) atoms. The van der Waals surface area contributed by atoms with Crippen molar-refractivity contribution in [3.05, 3.63) is 83.6 Å². The van der Waals surface area contributed by atoms with Crippen LogP contribution < -0.4 is 10.1 Å². The van der Waals surface area contributed by atoms with Gasteiger partial charge in [0.15, 0.2) is 5.69 Å². The van der Waals surface area contributed by atoms with Gasteiger partial charge < -0.3 is 19.9 Å². The number of pyridine rings is 1.